The van der Waals surface area contributed by atoms with Crippen LogP contribution in [0.2, 0.25) is 0 Å². The predicted octanol–water partition coefficient (Wildman–Crippen LogP) is 3.88. The number of rotatable bonds is 3. The molecule has 1 aromatic carbocycles. The fourth-order valence-electron chi connectivity index (χ4n) is 3.14. The van der Waals surface area contributed by atoms with Gasteiger partial charge in [0, 0.05) is 18.9 Å². The van der Waals surface area contributed by atoms with E-state index in [4.69, 9.17) is 4.98 Å². The van der Waals surface area contributed by atoms with Crippen LogP contribution in [-0.2, 0) is 13.0 Å². The molecule has 0 atom stereocenters. The number of benzene rings is 1. The van der Waals surface area contributed by atoms with Crippen LogP contribution >= 0.6 is 0 Å². The normalized spacial score (nSPS) is 14.6. The highest BCUT2D eigenvalue weighted by molar-refractivity contribution is 5.96. The molecule has 21 heavy (non-hydrogen) atoms. The molecule has 2 aromatic rings. The quantitative estimate of drug-likeness (QED) is 0.856. The first-order chi connectivity index (χ1) is 10.1. The molecule has 1 heterocycles. The van der Waals surface area contributed by atoms with Gasteiger partial charge in [0.15, 0.2) is 5.78 Å². The molecule has 0 aliphatic heterocycles. The fraction of sp³-hybridized carbons (Fsp3) is 0.444. The molecule has 0 spiro atoms. The fourth-order valence-corrected chi connectivity index (χ4v) is 3.14. The molecule has 0 unspecified atom stereocenters. The summed E-state index contributed by atoms with van der Waals surface area (Å²) >= 11 is 0. The van der Waals surface area contributed by atoms with Crippen molar-refractivity contribution in [3.05, 3.63) is 52.6 Å². The second-order valence-corrected chi connectivity index (χ2v) is 6.27. The summed E-state index contributed by atoms with van der Waals surface area (Å²) in [5, 5.41) is 0. The number of carbonyl (C=O) groups is 1. The van der Waals surface area contributed by atoms with Gasteiger partial charge in [-0.15, -0.1) is 0 Å². The molecule has 0 radical (unpaired) electrons. The summed E-state index contributed by atoms with van der Waals surface area (Å²) < 4.78 is 2.15. The van der Waals surface area contributed by atoms with Crippen LogP contribution in [0.3, 0.4) is 0 Å². The average Bonchev–Trinajstić information content (AvgIpc) is 2.79. The Morgan fingerprint density at radius 3 is 2.81 bits per heavy atom. The van der Waals surface area contributed by atoms with E-state index >= 15 is 0 Å². The molecule has 0 saturated carbocycles. The first-order valence-electron chi connectivity index (χ1n) is 7.74. The highest BCUT2D eigenvalue weighted by Gasteiger charge is 2.26. The molecule has 0 N–H and O–H groups in total. The van der Waals surface area contributed by atoms with Crippen molar-refractivity contribution in [1.82, 2.24) is 9.55 Å². The number of Topliss-reactive ketones (excluding diaryl/α,β-unsaturated/α-hetero) is 1. The van der Waals surface area contributed by atoms with Crippen molar-refractivity contribution >= 4 is 5.78 Å². The summed E-state index contributed by atoms with van der Waals surface area (Å²) in [5.74, 6) is 1.62. The molecule has 0 saturated heterocycles. The molecule has 1 aliphatic carbocycles. The van der Waals surface area contributed by atoms with E-state index < -0.39 is 0 Å². The molecular formula is C18H22N2O. The second-order valence-electron chi connectivity index (χ2n) is 6.27. The maximum absolute atomic E-state index is 12.3. The van der Waals surface area contributed by atoms with E-state index in [1.165, 1.54) is 11.1 Å². The van der Waals surface area contributed by atoms with Gasteiger partial charge in [0.25, 0.3) is 0 Å². The zero-order valence-electron chi connectivity index (χ0n) is 13.0. The number of imidazole rings is 1. The van der Waals surface area contributed by atoms with E-state index in [1.807, 2.05) is 0 Å². The van der Waals surface area contributed by atoms with Gasteiger partial charge < -0.3 is 4.57 Å². The van der Waals surface area contributed by atoms with Gasteiger partial charge in [-0.05, 0) is 25.3 Å². The lowest BCUT2D eigenvalue weighted by molar-refractivity contribution is 0.0963. The number of nitrogens with zero attached hydrogens (tertiary/aromatic N) is 2. The number of ketones is 1. The SMILES string of the molecule is Cc1cccc(Cn2c(C(C)C)nc3c2C(=O)CCC3)c1. The number of carbonyl (C=O) groups excluding carboxylic acids is 1. The first-order valence-corrected chi connectivity index (χ1v) is 7.74. The topological polar surface area (TPSA) is 34.9 Å². The third-order valence-electron chi connectivity index (χ3n) is 4.09. The van der Waals surface area contributed by atoms with Crippen LogP contribution in [-0.4, -0.2) is 15.3 Å². The lowest BCUT2D eigenvalue weighted by atomic mass is 9.99. The lowest BCUT2D eigenvalue weighted by Gasteiger charge is -2.16. The van der Waals surface area contributed by atoms with Crippen molar-refractivity contribution in [2.75, 3.05) is 0 Å². The molecule has 3 rings (SSSR count). The van der Waals surface area contributed by atoms with Crippen LogP contribution in [0.1, 0.15) is 65.7 Å². The van der Waals surface area contributed by atoms with E-state index in [0.29, 0.717) is 12.3 Å². The van der Waals surface area contributed by atoms with Gasteiger partial charge in [-0.3, -0.25) is 4.79 Å². The molecule has 1 aliphatic rings. The number of fused-ring (bicyclic) bond motifs is 1. The number of aromatic nitrogens is 2. The van der Waals surface area contributed by atoms with E-state index in [9.17, 15) is 4.79 Å². The van der Waals surface area contributed by atoms with Gasteiger partial charge in [-0.25, -0.2) is 4.98 Å². The molecule has 3 heteroatoms. The minimum absolute atomic E-state index is 0.253. The summed E-state index contributed by atoms with van der Waals surface area (Å²) in [6.45, 7) is 7.13. The standard InChI is InChI=1S/C18H22N2O/c1-12(2)18-19-15-8-5-9-16(21)17(15)20(18)11-14-7-4-6-13(3)10-14/h4,6-7,10,12H,5,8-9,11H2,1-3H3. The van der Waals surface area contributed by atoms with Crippen molar-refractivity contribution in [1.29, 1.82) is 0 Å². The molecule has 3 nitrogen and oxygen atoms in total. The first kappa shape index (κ1) is 14.1. The van der Waals surface area contributed by atoms with Crippen molar-refractivity contribution < 1.29 is 4.79 Å². The third-order valence-corrected chi connectivity index (χ3v) is 4.09. The number of hydrogen-bond acceptors (Lipinski definition) is 2. The summed E-state index contributed by atoms with van der Waals surface area (Å²) in [6, 6.07) is 8.48. The summed E-state index contributed by atoms with van der Waals surface area (Å²) in [5.41, 5.74) is 4.34. The summed E-state index contributed by atoms with van der Waals surface area (Å²) in [6.07, 6.45) is 2.52. The van der Waals surface area contributed by atoms with E-state index in [0.717, 1.165) is 36.6 Å². The second kappa shape index (κ2) is 5.47. The highest BCUT2D eigenvalue weighted by atomic mass is 16.1. The van der Waals surface area contributed by atoms with Gasteiger partial charge >= 0.3 is 0 Å². The molecule has 0 fully saturated rings. The van der Waals surface area contributed by atoms with Gasteiger partial charge in [0.05, 0.1) is 5.69 Å². The molecule has 0 bridgehead atoms. The van der Waals surface area contributed by atoms with E-state index in [2.05, 4.69) is 49.6 Å². The maximum atomic E-state index is 12.3. The smallest absolute Gasteiger partial charge is 0.181 e. The van der Waals surface area contributed by atoms with Gasteiger partial charge in [-0.1, -0.05) is 43.7 Å². The van der Waals surface area contributed by atoms with Crippen LogP contribution in [0.5, 0.6) is 0 Å². The van der Waals surface area contributed by atoms with Crippen LogP contribution in [0.4, 0.5) is 0 Å². The minimum Gasteiger partial charge on any atom is -0.321 e. The Hall–Kier alpha value is -1.90. The van der Waals surface area contributed by atoms with Crippen molar-refractivity contribution in [2.45, 2.75) is 52.5 Å². The van der Waals surface area contributed by atoms with Gasteiger partial charge in [0.2, 0.25) is 0 Å². The number of aryl methyl sites for hydroxylation is 2. The Morgan fingerprint density at radius 1 is 1.29 bits per heavy atom. The Balaban J connectivity index is 2.07. The molecule has 0 amide bonds. The maximum Gasteiger partial charge on any atom is 0.181 e. The zero-order chi connectivity index (χ0) is 15.0. The number of hydrogen-bond donors (Lipinski definition) is 0. The van der Waals surface area contributed by atoms with E-state index in [-0.39, 0.29) is 5.78 Å². The van der Waals surface area contributed by atoms with Crippen molar-refractivity contribution in [2.24, 2.45) is 0 Å². The Bertz CT molecular complexity index is 683. The monoisotopic (exact) mass is 282 g/mol. The summed E-state index contributed by atoms with van der Waals surface area (Å²) in [7, 11) is 0. The van der Waals surface area contributed by atoms with Crippen LogP contribution in [0.15, 0.2) is 24.3 Å². The lowest BCUT2D eigenvalue weighted by Crippen LogP contribution is -2.17. The Kier molecular flexibility index (Phi) is 3.66. The van der Waals surface area contributed by atoms with Crippen LogP contribution in [0.25, 0.3) is 0 Å². The minimum atomic E-state index is 0.253. The Labute approximate surface area is 126 Å². The van der Waals surface area contributed by atoms with Crippen LogP contribution in [0, 0.1) is 6.92 Å². The van der Waals surface area contributed by atoms with Crippen molar-refractivity contribution in [3.63, 3.8) is 0 Å². The Morgan fingerprint density at radius 2 is 2.10 bits per heavy atom. The van der Waals surface area contributed by atoms with Crippen molar-refractivity contribution in [3.8, 4) is 0 Å². The molecular weight excluding hydrogens is 260 g/mol. The summed E-state index contributed by atoms with van der Waals surface area (Å²) in [4.78, 5) is 17.1. The van der Waals surface area contributed by atoms with Gasteiger partial charge in [-0.2, -0.15) is 0 Å². The molecule has 110 valence electrons. The third kappa shape index (κ3) is 2.65. The van der Waals surface area contributed by atoms with E-state index in [1.54, 1.807) is 0 Å². The van der Waals surface area contributed by atoms with Gasteiger partial charge in [0.1, 0.15) is 11.5 Å². The average molecular weight is 282 g/mol. The molecule has 1 aromatic heterocycles. The highest BCUT2D eigenvalue weighted by Crippen LogP contribution is 2.27. The zero-order valence-corrected chi connectivity index (χ0v) is 13.0. The van der Waals surface area contributed by atoms with Crippen LogP contribution < -0.4 is 0 Å². The largest absolute Gasteiger partial charge is 0.321 e. The predicted molar refractivity (Wildman–Crippen MR) is 83.9 cm³/mol.